The van der Waals surface area contributed by atoms with Crippen LogP contribution in [-0.2, 0) is 9.53 Å². The summed E-state index contributed by atoms with van der Waals surface area (Å²) in [4.78, 5) is 9.45. The zero-order valence-corrected chi connectivity index (χ0v) is 3.68. The first-order valence-electron chi connectivity index (χ1n) is 1.70. The molecule has 2 heteroatoms. The Kier molecular flexibility index (Phi) is 4.34. The molecule has 0 saturated heterocycles. The summed E-state index contributed by atoms with van der Waals surface area (Å²) < 4.78 is 4.43. The third kappa shape index (κ3) is 3.63. The molecule has 35 valence electrons. The molecule has 0 rings (SSSR count). The Morgan fingerprint density at radius 1 is 1.83 bits per heavy atom. The first kappa shape index (κ1) is 5.63. The average molecular weight is 87.1 g/mol. The van der Waals surface area contributed by atoms with Crippen molar-refractivity contribution in [1.82, 2.24) is 0 Å². The van der Waals surface area contributed by atoms with Crippen LogP contribution in [0.15, 0.2) is 0 Å². The second-order valence-corrected chi connectivity index (χ2v) is 0.805. The van der Waals surface area contributed by atoms with E-state index in [1.165, 1.54) is 13.7 Å². The van der Waals surface area contributed by atoms with Crippen molar-refractivity contribution >= 4 is 6.29 Å². The number of aldehydes is 1. The summed E-state index contributed by atoms with van der Waals surface area (Å²) in [6.45, 7) is 1.44. The summed E-state index contributed by atoms with van der Waals surface area (Å²) in [5.74, 6) is 0. The quantitative estimate of drug-likeness (QED) is 0.367. The van der Waals surface area contributed by atoms with Gasteiger partial charge in [0, 0.05) is 13.5 Å². The highest BCUT2D eigenvalue weighted by molar-refractivity contribution is 5.50. The van der Waals surface area contributed by atoms with Gasteiger partial charge in [0.15, 0.2) is 0 Å². The van der Waals surface area contributed by atoms with Crippen molar-refractivity contribution in [1.29, 1.82) is 0 Å². The van der Waals surface area contributed by atoms with Crippen molar-refractivity contribution in [3.8, 4) is 0 Å². The molecule has 0 N–H and O–H groups in total. The summed E-state index contributed by atoms with van der Waals surface area (Å²) >= 11 is 0. The Hall–Kier alpha value is -0.370. The molecule has 0 aromatic heterocycles. The first-order chi connectivity index (χ1) is 2.91. The van der Waals surface area contributed by atoms with E-state index in [4.69, 9.17) is 0 Å². The molecule has 2 nitrogen and oxygen atoms in total. The van der Waals surface area contributed by atoms with Gasteiger partial charge in [-0.05, 0) is 0 Å². The normalized spacial score (nSPS) is 8.17. The van der Waals surface area contributed by atoms with Crippen molar-refractivity contribution in [2.24, 2.45) is 0 Å². The van der Waals surface area contributed by atoms with Gasteiger partial charge in [-0.1, -0.05) is 0 Å². The second kappa shape index (κ2) is 4.63. The average Bonchev–Trinajstić information content (AvgIpc) is 1.61. The number of methoxy groups -OCH3 is 1. The molecule has 0 fully saturated rings. The molecule has 0 aliphatic carbocycles. The summed E-state index contributed by atoms with van der Waals surface area (Å²) in [6, 6.07) is 0. The molecule has 0 heterocycles. The third-order valence-electron chi connectivity index (χ3n) is 0.359. The standard InChI is InChI=1S/C4H7O2/c1-6-4-2-3-5/h3-4H,2H2,1H3. The predicted molar refractivity (Wildman–Crippen MR) is 22.0 cm³/mol. The van der Waals surface area contributed by atoms with Gasteiger partial charge in [0.05, 0.1) is 6.61 Å². The Morgan fingerprint density at radius 3 is 2.67 bits per heavy atom. The molecule has 0 bridgehead atoms. The van der Waals surface area contributed by atoms with E-state index in [0.717, 1.165) is 6.29 Å². The number of ether oxygens (including phenoxy) is 1. The van der Waals surface area contributed by atoms with Gasteiger partial charge in [-0.3, -0.25) is 0 Å². The number of carbonyl (C=O) groups is 1. The lowest BCUT2D eigenvalue weighted by atomic mass is 10.5. The van der Waals surface area contributed by atoms with Crippen LogP contribution in [0, 0.1) is 6.61 Å². The molecule has 0 amide bonds. The van der Waals surface area contributed by atoms with Crippen molar-refractivity contribution in [2.75, 3.05) is 7.11 Å². The maximum Gasteiger partial charge on any atom is 0.122 e. The Morgan fingerprint density at radius 2 is 2.50 bits per heavy atom. The topological polar surface area (TPSA) is 26.3 Å². The fourth-order valence-electron chi connectivity index (χ4n) is 0.136. The van der Waals surface area contributed by atoms with Gasteiger partial charge in [0.1, 0.15) is 6.29 Å². The van der Waals surface area contributed by atoms with Gasteiger partial charge < -0.3 is 9.53 Å². The zero-order valence-electron chi connectivity index (χ0n) is 3.68. The van der Waals surface area contributed by atoms with Crippen LogP contribution < -0.4 is 0 Å². The smallest absolute Gasteiger partial charge is 0.122 e. The molecule has 0 aliphatic rings. The fourth-order valence-corrected chi connectivity index (χ4v) is 0.136. The van der Waals surface area contributed by atoms with Crippen LogP contribution in [-0.4, -0.2) is 13.4 Å². The molecule has 0 unspecified atom stereocenters. The lowest BCUT2D eigenvalue weighted by Crippen LogP contribution is -1.78. The lowest BCUT2D eigenvalue weighted by molar-refractivity contribution is -0.107. The Balaban J connectivity index is 2.49. The summed E-state index contributed by atoms with van der Waals surface area (Å²) in [7, 11) is 1.52. The molecule has 0 aromatic rings. The summed E-state index contributed by atoms with van der Waals surface area (Å²) in [5.41, 5.74) is 0. The molecule has 0 aliphatic heterocycles. The highest BCUT2D eigenvalue weighted by Gasteiger charge is 1.75. The number of rotatable bonds is 3. The third-order valence-corrected chi connectivity index (χ3v) is 0.359. The van der Waals surface area contributed by atoms with Gasteiger partial charge in [-0.2, -0.15) is 0 Å². The fraction of sp³-hybridized carbons (Fsp3) is 0.500. The van der Waals surface area contributed by atoms with Crippen LogP contribution in [0.3, 0.4) is 0 Å². The summed E-state index contributed by atoms with van der Waals surface area (Å²) in [6.07, 6.45) is 1.17. The SMILES string of the molecule is CO[CH]CC=O. The van der Waals surface area contributed by atoms with E-state index in [-0.39, 0.29) is 0 Å². The minimum atomic E-state index is 0.385. The number of carbonyl (C=O) groups excluding carboxylic acids is 1. The lowest BCUT2D eigenvalue weighted by Gasteiger charge is -1.82. The monoisotopic (exact) mass is 87.0 g/mol. The van der Waals surface area contributed by atoms with Crippen LogP contribution in [0.5, 0.6) is 0 Å². The van der Waals surface area contributed by atoms with E-state index < -0.39 is 0 Å². The maximum absolute atomic E-state index is 9.45. The van der Waals surface area contributed by atoms with E-state index in [1.807, 2.05) is 0 Å². The number of hydrogen-bond acceptors (Lipinski definition) is 2. The van der Waals surface area contributed by atoms with Crippen molar-refractivity contribution in [3.63, 3.8) is 0 Å². The van der Waals surface area contributed by atoms with Crippen LogP contribution in [0.1, 0.15) is 6.42 Å². The predicted octanol–water partition coefficient (Wildman–Crippen LogP) is 0.384. The highest BCUT2D eigenvalue weighted by Crippen LogP contribution is 1.77. The molecule has 0 spiro atoms. The van der Waals surface area contributed by atoms with E-state index >= 15 is 0 Å². The van der Waals surface area contributed by atoms with Crippen LogP contribution in [0.25, 0.3) is 0 Å². The molecule has 0 atom stereocenters. The minimum Gasteiger partial charge on any atom is -0.378 e. The van der Waals surface area contributed by atoms with Crippen LogP contribution >= 0.6 is 0 Å². The van der Waals surface area contributed by atoms with Crippen molar-refractivity contribution < 1.29 is 9.53 Å². The van der Waals surface area contributed by atoms with E-state index in [2.05, 4.69) is 4.74 Å². The molecular formula is C4H7O2. The van der Waals surface area contributed by atoms with Gasteiger partial charge in [-0.25, -0.2) is 0 Å². The Labute approximate surface area is 37.1 Å². The molecular weight excluding hydrogens is 80.0 g/mol. The first-order valence-corrected chi connectivity index (χ1v) is 1.70. The molecule has 1 radical (unpaired) electrons. The van der Waals surface area contributed by atoms with E-state index in [9.17, 15) is 4.79 Å². The second-order valence-electron chi connectivity index (χ2n) is 0.805. The molecule has 6 heavy (non-hydrogen) atoms. The van der Waals surface area contributed by atoms with Crippen molar-refractivity contribution in [3.05, 3.63) is 6.61 Å². The maximum atomic E-state index is 9.45. The van der Waals surface area contributed by atoms with Crippen LogP contribution in [0.4, 0.5) is 0 Å². The Bertz CT molecular complexity index is 34.5. The minimum absolute atomic E-state index is 0.385. The van der Waals surface area contributed by atoms with Gasteiger partial charge >= 0.3 is 0 Å². The van der Waals surface area contributed by atoms with Gasteiger partial charge in [0.2, 0.25) is 0 Å². The summed E-state index contributed by atoms with van der Waals surface area (Å²) in [5, 5.41) is 0. The van der Waals surface area contributed by atoms with Gasteiger partial charge in [0.25, 0.3) is 0 Å². The molecule has 0 saturated carbocycles. The van der Waals surface area contributed by atoms with Gasteiger partial charge in [-0.15, -0.1) is 0 Å². The van der Waals surface area contributed by atoms with Crippen molar-refractivity contribution in [2.45, 2.75) is 6.42 Å². The largest absolute Gasteiger partial charge is 0.378 e. The number of hydrogen-bond donors (Lipinski definition) is 0. The van der Waals surface area contributed by atoms with E-state index in [1.54, 1.807) is 0 Å². The highest BCUT2D eigenvalue weighted by atomic mass is 16.5. The van der Waals surface area contributed by atoms with E-state index in [0.29, 0.717) is 6.42 Å². The molecule has 0 aromatic carbocycles. The van der Waals surface area contributed by atoms with Crippen LogP contribution in [0.2, 0.25) is 0 Å². The zero-order chi connectivity index (χ0) is 4.83.